The molecule has 0 bridgehead atoms. The molecule has 1 rings (SSSR count). The number of ether oxygens (including phenoxy) is 1. The lowest BCUT2D eigenvalue weighted by Crippen LogP contribution is -2.30. The predicted octanol–water partition coefficient (Wildman–Crippen LogP) is -0.521. The summed E-state index contributed by atoms with van der Waals surface area (Å²) < 4.78 is 5.04. The Morgan fingerprint density at radius 3 is 2.85 bits per heavy atom. The van der Waals surface area contributed by atoms with E-state index < -0.39 is 5.91 Å². The van der Waals surface area contributed by atoms with E-state index >= 15 is 0 Å². The van der Waals surface area contributed by atoms with Crippen LogP contribution in [0.5, 0.6) is 5.88 Å². The Morgan fingerprint density at radius 2 is 2.38 bits per heavy atom. The van der Waals surface area contributed by atoms with Crippen molar-refractivity contribution in [3.63, 3.8) is 0 Å². The normalized spacial score (nSPS) is 9.38. The molecule has 0 fully saturated rings. The molecule has 13 heavy (non-hydrogen) atoms. The first-order chi connectivity index (χ1) is 6.27. The quantitative estimate of drug-likeness (QED) is 0.373. The molecule has 1 heterocycles. The van der Waals surface area contributed by atoms with Crippen LogP contribution in [0.2, 0.25) is 0 Å². The van der Waals surface area contributed by atoms with Crippen molar-refractivity contribution in [2.24, 2.45) is 5.84 Å². The van der Waals surface area contributed by atoms with Gasteiger partial charge in [0.15, 0.2) is 0 Å². The lowest BCUT2D eigenvalue weighted by atomic mass is 10.4. The molecule has 0 atom stereocenters. The number of rotatable bonds is 3. The van der Waals surface area contributed by atoms with Gasteiger partial charge in [0.1, 0.15) is 5.69 Å². The van der Waals surface area contributed by atoms with Gasteiger partial charge in [-0.2, -0.15) is 0 Å². The van der Waals surface area contributed by atoms with E-state index in [-0.39, 0.29) is 5.69 Å². The summed E-state index contributed by atoms with van der Waals surface area (Å²) in [5.74, 6) is 4.81. The van der Waals surface area contributed by atoms with Gasteiger partial charge in [-0.3, -0.25) is 10.2 Å². The molecule has 0 saturated heterocycles. The summed E-state index contributed by atoms with van der Waals surface area (Å²) in [5.41, 5.74) is 2.11. The van der Waals surface area contributed by atoms with Crippen LogP contribution in [0.4, 0.5) is 0 Å². The van der Waals surface area contributed by atoms with E-state index in [1.165, 1.54) is 12.4 Å². The van der Waals surface area contributed by atoms with Crippen LogP contribution in [0.25, 0.3) is 0 Å². The van der Waals surface area contributed by atoms with Crippen molar-refractivity contribution < 1.29 is 9.53 Å². The van der Waals surface area contributed by atoms with Gasteiger partial charge in [-0.05, 0) is 6.92 Å². The van der Waals surface area contributed by atoms with Crippen molar-refractivity contribution >= 4 is 5.91 Å². The van der Waals surface area contributed by atoms with Gasteiger partial charge in [0.05, 0.1) is 19.0 Å². The van der Waals surface area contributed by atoms with Crippen molar-refractivity contribution in [3.8, 4) is 5.88 Å². The number of carbonyl (C=O) groups excluding carboxylic acids is 1. The molecule has 0 spiro atoms. The third kappa shape index (κ3) is 2.38. The molecule has 1 aromatic rings. The van der Waals surface area contributed by atoms with Gasteiger partial charge >= 0.3 is 0 Å². The number of carbonyl (C=O) groups is 1. The molecule has 0 aliphatic carbocycles. The molecule has 0 unspecified atom stereocenters. The summed E-state index contributed by atoms with van der Waals surface area (Å²) in [6.45, 7) is 2.35. The highest BCUT2D eigenvalue weighted by molar-refractivity contribution is 5.91. The predicted molar refractivity (Wildman–Crippen MR) is 44.9 cm³/mol. The zero-order valence-corrected chi connectivity index (χ0v) is 7.15. The van der Waals surface area contributed by atoms with Crippen molar-refractivity contribution in [2.45, 2.75) is 6.92 Å². The number of hydrogen-bond donors (Lipinski definition) is 2. The Kier molecular flexibility index (Phi) is 3.15. The Hall–Kier alpha value is -1.69. The second-order valence-electron chi connectivity index (χ2n) is 2.15. The zero-order chi connectivity index (χ0) is 9.68. The fourth-order valence-electron chi connectivity index (χ4n) is 0.730. The average molecular weight is 182 g/mol. The Labute approximate surface area is 75.1 Å². The average Bonchev–Trinajstić information content (AvgIpc) is 2.18. The molecule has 1 amide bonds. The van der Waals surface area contributed by atoms with Gasteiger partial charge in [-0.25, -0.2) is 15.8 Å². The second-order valence-corrected chi connectivity index (χ2v) is 2.15. The number of nitrogens with one attached hydrogen (secondary N) is 1. The van der Waals surface area contributed by atoms with E-state index in [4.69, 9.17) is 10.6 Å². The SMILES string of the molecule is CCOc1cnc(C(=O)NN)cn1. The minimum absolute atomic E-state index is 0.158. The molecule has 6 nitrogen and oxygen atoms in total. The van der Waals surface area contributed by atoms with E-state index in [1.54, 1.807) is 0 Å². The largest absolute Gasteiger partial charge is 0.477 e. The topological polar surface area (TPSA) is 90.1 Å². The highest BCUT2D eigenvalue weighted by Gasteiger charge is 2.05. The van der Waals surface area contributed by atoms with Gasteiger partial charge in [0, 0.05) is 0 Å². The molecule has 1 aromatic heterocycles. The molecule has 0 aromatic carbocycles. The number of hydrazine groups is 1. The number of aromatic nitrogens is 2. The fourth-order valence-corrected chi connectivity index (χ4v) is 0.730. The van der Waals surface area contributed by atoms with Gasteiger partial charge in [-0.15, -0.1) is 0 Å². The van der Waals surface area contributed by atoms with Crippen LogP contribution in [0.3, 0.4) is 0 Å². The first kappa shape index (κ1) is 9.40. The molecule has 6 heteroatoms. The maximum Gasteiger partial charge on any atom is 0.285 e. The van der Waals surface area contributed by atoms with Crippen molar-refractivity contribution in [1.29, 1.82) is 0 Å². The molecule has 0 aliphatic rings. The summed E-state index contributed by atoms with van der Waals surface area (Å²) >= 11 is 0. The molecular formula is C7H10N4O2. The van der Waals surface area contributed by atoms with E-state index in [0.29, 0.717) is 12.5 Å². The maximum atomic E-state index is 10.9. The molecular weight excluding hydrogens is 172 g/mol. The zero-order valence-electron chi connectivity index (χ0n) is 7.15. The van der Waals surface area contributed by atoms with E-state index in [9.17, 15) is 4.79 Å². The second kappa shape index (κ2) is 4.36. The number of nitrogens with zero attached hydrogens (tertiary/aromatic N) is 2. The number of amides is 1. The standard InChI is InChI=1S/C7H10N4O2/c1-2-13-6-4-9-5(3-10-6)7(12)11-8/h3-4H,2,8H2,1H3,(H,11,12). The smallest absolute Gasteiger partial charge is 0.285 e. The van der Waals surface area contributed by atoms with Crippen LogP contribution < -0.4 is 16.0 Å². The van der Waals surface area contributed by atoms with Gasteiger partial charge in [0.2, 0.25) is 5.88 Å². The highest BCUT2D eigenvalue weighted by atomic mass is 16.5. The third-order valence-electron chi connectivity index (χ3n) is 1.28. The van der Waals surface area contributed by atoms with Crippen molar-refractivity contribution in [3.05, 3.63) is 18.1 Å². The van der Waals surface area contributed by atoms with Crippen LogP contribution in [0, 0.1) is 0 Å². The van der Waals surface area contributed by atoms with Crippen LogP contribution in [0.15, 0.2) is 12.4 Å². The fraction of sp³-hybridized carbons (Fsp3) is 0.286. The van der Waals surface area contributed by atoms with Crippen molar-refractivity contribution in [2.75, 3.05) is 6.61 Å². The van der Waals surface area contributed by atoms with Crippen LogP contribution >= 0.6 is 0 Å². The Balaban J connectivity index is 2.75. The first-order valence-electron chi connectivity index (χ1n) is 3.73. The van der Waals surface area contributed by atoms with Crippen LogP contribution in [-0.2, 0) is 0 Å². The number of nitrogen functional groups attached to an aromatic ring is 1. The first-order valence-corrected chi connectivity index (χ1v) is 3.73. The minimum atomic E-state index is -0.476. The number of hydrogen-bond acceptors (Lipinski definition) is 5. The highest BCUT2D eigenvalue weighted by Crippen LogP contribution is 2.02. The van der Waals surface area contributed by atoms with Gasteiger partial charge in [-0.1, -0.05) is 0 Å². The summed E-state index contributed by atoms with van der Waals surface area (Å²) in [7, 11) is 0. The van der Waals surface area contributed by atoms with Gasteiger partial charge < -0.3 is 4.74 Å². The lowest BCUT2D eigenvalue weighted by molar-refractivity contribution is 0.0948. The Bertz CT molecular complexity index is 285. The van der Waals surface area contributed by atoms with E-state index in [1.807, 2.05) is 12.3 Å². The molecule has 3 N–H and O–H groups in total. The van der Waals surface area contributed by atoms with Crippen molar-refractivity contribution in [1.82, 2.24) is 15.4 Å². The number of nitrogens with two attached hydrogens (primary N) is 1. The van der Waals surface area contributed by atoms with E-state index in [2.05, 4.69) is 9.97 Å². The molecule has 0 saturated carbocycles. The third-order valence-corrected chi connectivity index (χ3v) is 1.28. The monoisotopic (exact) mass is 182 g/mol. The molecule has 70 valence electrons. The summed E-state index contributed by atoms with van der Waals surface area (Å²) in [6, 6.07) is 0. The molecule has 0 radical (unpaired) electrons. The van der Waals surface area contributed by atoms with E-state index in [0.717, 1.165) is 0 Å². The van der Waals surface area contributed by atoms with Crippen LogP contribution in [-0.4, -0.2) is 22.5 Å². The van der Waals surface area contributed by atoms with Gasteiger partial charge in [0.25, 0.3) is 5.91 Å². The maximum absolute atomic E-state index is 10.9. The minimum Gasteiger partial charge on any atom is -0.477 e. The summed E-state index contributed by atoms with van der Waals surface area (Å²) in [5, 5.41) is 0. The summed E-state index contributed by atoms with van der Waals surface area (Å²) in [6.07, 6.45) is 2.67. The summed E-state index contributed by atoms with van der Waals surface area (Å²) in [4.78, 5) is 18.5. The molecule has 0 aliphatic heterocycles. The Morgan fingerprint density at radius 1 is 1.62 bits per heavy atom. The lowest BCUT2D eigenvalue weighted by Gasteiger charge is -2.01. The van der Waals surface area contributed by atoms with Crippen LogP contribution in [0.1, 0.15) is 17.4 Å².